The quantitative estimate of drug-likeness (QED) is 0.783. The van der Waals surface area contributed by atoms with Crippen molar-refractivity contribution in [2.45, 2.75) is 32.7 Å². The van der Waals surface area contributed by atoms with E-state index in [4.69, 9.17) is 27.9 Å². The van der Waals surface area contributed by atoms with Gasteiger partial charge in [0.05, 0.1) is 6.61 Å². The minimum atomic E-state index is 0.279. The Hall–Kier alpha value is -0.280. The first-order valence-electron chi connectivity index (χ1n) is 6.42. The van der Waals surface area contributed by atoms with Crippen LogP contribution in [0.4, 0.5) is 0 Å². The lowest BCUT2D eigenvalue weighted by atomic mass is 10.1. The van der Waals surface area contributed by atoms with Gasteiger partial charge in [0.25, 0.3) is 0 Å². The van der Waals surface area contributed by atoms with Gasteiger partial charge in [0.2, 0.25) is 0 Å². The molecular weight excluding hydrogens is 269 g/mol. The molecule has 0 saturated carbocycles. The van der Waals surface area contributed by atoms with E-state index in [0.717, 1.165) is 41.6 Å². The number of nitrogens with one attached hydrogen (secondary N) is 1. The fourth-order valence-corrected chi connectivity index (χ4v) is 2.15. The highest BCUT2D eigenvalue weighted by Gasteiger charge is 2.11. The van der Waals surface area contributed by atoms with Gasteiger partial charge in [0, 0.05) is 22.7 Å². The van der Waals surface area contributed by atoms with Crippen LogP contribution in [0.3, 0.4) is 0 Å². The molecule has 1 rings (SSSR count). The van der Waals surface area contributed by atoms with Crippen molar-refractivity contribution >= 4 is 23.2 Å². The molecule has 1 aromatic rings. The van der Waals surface area contributed by atoms with Crippen molar-refractivity contribution in [3.05, 3.63) is 33.8 Å². The van der Waals surface area contributed by atoms with Crippen molar-refractivity contribution in [3.8, 4) is 0 Å². The van der Waals surface area contributed by atoms with Crippen molar-refractivity contribution in [2.75, 3.05) is 19.8 Å². The third-order valence-corrected chi connectivity index (χ3v) is 3.28. The molecule has 0 saturated heterocycles. The van der Waals surface area contributed by atoms with Gasteiger partial charge in [-0.3, -0.25) is 0 Å². The van der Waals surface area contributed by atoms with Gasteiger partial charge in [-0.05, 0) is 50.1 Å². The summed E-state index contributed by atoms with van der Waals surface area (Å²) in [6, 6.07) is 5.86. The Kier molecular flexibility index (Phi) is 7.68. The van der Waals surface area contributed by atoms with E-state index in [-0.39, 0.29) is 6.04 Å². The van der Waals surface area contributed by atoms with Crippen molar-refractivity contribution in [1.82, 2.24) is 5.32 Å². The first-order valence-corrected chi connectivity index (χ1v) is 7.18. The maximum absolute atomic E-state index is 6.18. The lowest BCUT2D eigenvalue weighted by molar-refractivity contribution is 0.122. The van der Waals surface area contributed by atoms with Crippen molar-refractivity contribution in [3.63, 3.8) is 0 Å². The highest BCUT2D eigenvalue weighted by Crippen LogP contribution is 2.22. The number of benzene rings is 1. The normalized spacial score (nSPS) is 12.7. The predicted octanol–water partition coefficient (Wildman–Crippen LogP) is 3.94. The monoisotopic (exact) mass is 289 g/mol. The lowest BCUT2D eigenvalue weighted by Crippen LogP contribution is -2.36. The molecule has 0 bridgehead atoms. The molecule has 4 heteroatoms. The molecule has 0 aromatic heterocycles. The molecule has 0 amide bonds. The summed E-state index contributed by atoms with van der Waals surface area (Å²) in [6.45, 7) is 6.56. The maximum Gasteiger partial charge on any atom is 0.0622 e. The Morgan fingerprint density at radius 3 is 2.72 bits per heavy atom. The number of ether oxygens (including phenoxy) is 1. The van der Waals surface area contributed by atoms with Crippen LogP contribution in [0.5, 0.6) is 0 Å². The second-order valence-corrected chi connectivity index (χ2v) is 5.09. The molecule has 1 atom stereocenters. The van der Waals surface area contributed by atoms with E-state index >= 15 is 0 Å². The summed E-state index contributed by atoms with van der Waals surface area (Å²) in [5, 5.41) is 4.96. The number of hydrogen-bond acceptors (Lipinski definition) is 2. The second kappa shape index (κ2) is 8.76. The highest BCUT2D eigenvalue weighted by atomic mass is 35.5. The minimum Gasteiger partial charge on any atom is -0.380 e. The van der Waals surface area contributed by atoms with Crippen molar-refractivity contribution < 1.29 is 4.74 Å². The van der Waals surface area contributed by atoms with Crippen LogP contribution in [-0.2, 0) is 11.2 Å². The minimum absolute atomic E-state index is 0.279. The average Bonchev–Trinajstić information content (AvgIpc) is 2.37. The van der Waals surface area contributed by atoms with Crippen LogP contribution in [0.25, 0.3) is 0 Å². The zero-order valence-electron chi connectivity index (χ0n) is 11.0. The van der Waals surface area contributed by atoms with Gasteiger partial charge >= 0.3 is 0 Å². The molecule has 0 aliphatic rings. The fraction of sp³-hybridized carbons (Fsp3) is 0.571. The number of hydrogen-bond donors (Lipinski definition) is 1. The van der Waals surface area contributed by atoms with Crippen LogP contribution in [-0.4, -0.2) is 25.8 Å². The van der Waals surface area contributed by atoms with Gasteiger partial charge in [0.15, 0.2) is 0 Å². The molecule has 0 radical (unpaired) electrons. The molecule has 0 spiro atoms. The molecule has 1 N–H and O–H groups in total. The largest absolute Gasteiger partial charge is 0.380 e. The smallest absolute Gasteiger partial charge is 0.0622 e. The van der Waals surface area contributed by atoms with Crippen molar-refractivity contribution in [2.24, 2.45) is 0 Å². The van der Waals surface area contributed by atoms with Crippen molar-refractivity contribution in [1.29, 1.82) is 0 Å². The summed E-state index contributed by atoms with van der Waals surface area (Å²) in [6.07, 6.45) is 1.94. The molecule has 0 heterocycles. The summed E-state index contributed by atoms with van der Waals surface area (Å²) in [4.78, 5) is 0. The number of halogens is 2. The fourth-order valence-electron chi connectivity index (χ4n) is 1.76. The molecule has 2 nitrogen and oxygen atoms in total. The van der Waals surface area contributed by atoms with E-state index < -0.39 is 0 Å². The zero-order chi connectivity index (χ0) is 13.4. The Morgan fingerprint density at radius 1 is 1.28 bits per heavy atom. The zero-order valence-corrected chi connectivity index (χ0v) is 12.5. The molecule has 0 fully saturated rings. The topological polar surface area (TPSA) is 21.3 Å². The van der Waals surface area contributed by atoms with Gasteiger partial charge < -0.3 is 10.1 Å². The Bertz CT molecular complexity index is 350. The maximum atomic E-state index is 6.18. The van der Waals surface area contributed by atoms with Gasteiger partial charge in [-0.15, -0.1) is 0 Å². The molecule has 1 unspecified atom stereocenters. The first-order chi connectivity index (χ1) is 8.67. The summed E-state index contributed by atoms with van der Waals surface area (Å²) < 4.78 is 5.50. The van der Waals surface area contributed by atoms with Gasteiger partial charge in [-0.2, -0.15) is 0 Å². The van der Waals surface area contributed by atoms with Crippen LogP contribution < -0.4 is 5.32 Å². The summed E-state index contributed by atoms with van der Waals surface area (Å²) in [5.74, 6) is 0. The molecular formula is C14H21Cl2NO. The lowest BCUT2D eigenvalue weighted by Gasteiger charge is -2.19. The first kappa shape index (κ1) is 15.8. The third kappa shape index (κ3) is 5.57. The summed E-state index contributed by atoms with van der Waals surface area (Å²) in [7, 11) is 0. The standard InChI is InChI=1S/C14H21Cl2NO/c1-3-7-17-13(10-18-4-2)9-11-8-12(15)5-6-14(11)16/h5-6,8,13,17H,3-4,7,9-10H2,1-2H3. The van der Waals surface area contributed by atoms with E-state index in [1.165, 1.54) is 0 Å². The summed E-state index contributed by atoms with van der Waals surface area (Å²) >= 11 is 12.2. The summed E-state index contributed by atoms with van der Waals surface area (Å²) in [5.41, 5.74) is 1.07. The molecule has 18 heavy (non-hydrogen) atoms. The van der Waals surface area contributed by atoms with Crippen LogP contribution in [0.2, 0.25) is 10.0 Å². The predicted molar refractivity (Wildman–Crippen MR) is 78.7 cm³/mol. The van der Waals surface area contributed by atoms with E-state index in [0.29, 0.717) is 6.61 Å². The van der Waals surface area contributed by atoms with E-state index in [9.17, 15) is 0 Å². The van der Waals surface area contributed by atoms with Crippen LogP contribution >= 0.6 is 23.2 Å². The van der Waals surface area contributed by atoms with Gasteiger partial charge in [-0.25, -0.2) is 0 Å². The van der Waals surface area contributed by atoms with Crippen LogP contribution in [0.1, 0.15) is 25.8 Å². The highest BCUT2D eigenvalue weighted by molar-refractivity contribution is 6.33. The Labute approximate surface area is 120 Å². The molecule has 1 aromatic carbocycles. The molecule has 102 valence electrons. The second-order valence-electron chi connectivity index (χ2n) is 4.25. The average molecular weight is 290 g/mol. The molecule has 0 aliphatic carbocycles. The molecule has 0 aliphatic heterocycles. The van der Waals surface area contributed by atoms with E-state index in [1.54, 1.807) is 0 Å². The SMILES string of the molecule is CCCNC(COCC)Cc1cc(Cl)ccc1Cl. The van der Waals surface area contributed by atoms with E-state index in [2.05, 4.69) is 12.2 Å². The van der Waals surface area contributed by atoms with Crippen LogP contribution in [0, 0.1) is 0 Å². The van der Waals surface area contributed by atoms with Gasteiger partial charge in [-0.1, -0.05) is 30.1 Å². The van der Waals surface area contributed by atoms with Gasteiger partial charge in [0.1, 0.15) is 0 Å². The van der Waals surface area contributed by atoms with E-state index in [1.807, 2.05) is 25.1 Å². The Balaban J connectivity index is 2.65. The third-order valence-electron chi connectivity index (χ3n) is 2.68. The number of rotatable bonds is 8. The Morgan fingerprint density at radius 2 is 2.06 bits per heavy atom. The van der Waals surface area contributed by atoms with Crippen LogP contribution in [0.15, 0.2) is 18.2 Å².